The molecule has 1 saturated heterocycles. The molecule has 1 unspecified atom stereocenters. The Morgan fingerprint density at radius 2 is 2.08 bits per heavy atom. The predicted octanol–water partition coefficient (Wildman–Crippen LogP) is 1.60. The van der Waals surface area contributed by atoms with Crippen LogP contribution in [0.2, 0.25) is 0 Å². The number of halogens is 1. The van der Waals surface area contributed by atoms with Gasteiger partial charge in [-0.2, -0.15) is 11.8 Å². The molecule has 0 aromatic heterocycles. The lowest BCUT2D eigenvalue weighted by atomic mass is 10.1. The molecule has 5 nitrogen and oxygen atoms in total. The Balaban J connectivity index is 1.88. The molecule has 1 heterocycles. The molecule has 0 bridgehead atoms. The first-order valence-corrected chi connectivity index (χ1v) is 10.0. The third-order valence-electron chi connectivity index (χ3n) is 4.62. The largest absolute Gasteiger partial charge is 0.355 e. The summed E-state index contributed by atoms with van der Waals surface area (Å²) >= 11 is 1.70. The van der Waals surface area contributed by atoms with Crippen molar-refractivity contribution in [2.24, 2.45) is 4.99 Å². The number of guanidine groups is 1. The first kappa shape index (κ1) is 20.0. The number of nitrogens with zero attached hydrogens (tertiary/aromatic N) is 3. The number of hydrogen-bond acceptors (Lipinski definition) is 4. The van der Waals surface area contributed by atoms with Gasteiger partial charge in [-0.05, 0) is 43.6 Å². The van der Waals surface area contributed by atoms with Crippen LogP contribution < -0.4 is 10.6 Å². The number of likely N-dealkylation sites (N-methyl/N-ethyl adjacent to an activating group) is 2. The van der Waals surface area contributed by atoms with E-state index in [2.05, 4.69) is 39.5 Å². The van der Waals surface area contributed by atoms with Crippen LogP contribution in [0.4, 0.5) is 4.39 Å². The lowest BCUT2D eigenvalue weighted by Gasteiger charge is -2.37. The van der Waals surface area contributed by atoms with E-state index in [9.17, 15) is 4.39 Å². The fourth-order valence-electron chi connectivity index (χ4n) is 2.99. The lowest BCUT2D eigenvalue weighted by Crippen LogP contribution is -2.55. The summed E-state index contributed by atoms with van der Waals surface area (Å²) in [6.07, 6.45) is 2.03. The van der Waals surface area contributed by atoms with Crippen molar-refractivity contribution >= 4 is 17.7 Å². The molecule has 1 atom stereocenters. The molecule has 2 N–H and O–H groups in total. The van der Waals surface area contributed by atoms with E-state index < -0.39 is 0 Å². The molecule has 1 aliphatic heterocycles. The summed E-state index contributed by atoms with van der Waals surface area (Å²) in [5.41, 5.74) is 2.14. The van der Waals surface area contributed by atoms with E-state index in [1.165, 1.54) is 6.07 Å². The van der Waals surface area contributed by atoms with Crippen LogP contribution >= 0.6 is 11.8 Å². The highest BCUT2D eigenvalue weighted by Crippen LogP contribution is 2.16. The van der Waals surface area contributed by atoms with E-state index >= 15 is 0 Å². The maximum atomic E-state index is 13.5. The maximum Gasteiger partial charge on any atom is 0.191 e. The minimum Gasteiger partial charge on any atom is -0.355 e. The normalized spacial score (nSPS) is 19.9. The molecule has 1 aromatic carbocycles. The topological polar surface area (TPSA) is 42.9 Å². The van der Waals surface area contributed by atoms with Crippen molar-refractivity contribution in [3.05, 3.63) is 35.1 Å². The zero-order valence-electron chi connectivity index (χ0n) is 15.7. The van der Waals surface area contributed by atoms with Crippen molar-refractivity contribution < 1.29 is 4.39 Å². The number of rotatable bonds is 6. The number of aliphatic imine (C=N–C) groups is 1. The van der Waals surface area contributed by atoms with Crippen molar-refractivity contribution in [3.8, 4) is 0 Å². The van der Waals surface area contributed by atoms with E-state index in [1.807, 2.05) is 12.3 Å². The van der Waals surface area contributed by atoms with Crippen molar-refractivity contribution in [2.75, 3.05) is 53.6 Å². The number of nitrogens with one attached hydrogen (secondary N) is 2. The molecule has 0 radical (unpaired) electrons. The zero-order chi connectivity index (χ0) is 18.2. The van der Waals surface area contributed by atoms with Crippen LogP contribution in [0, 0.1) is 5.82 Å². The molecule has 0 amide bonds. The molecule has 140 valence electrons. The monoisotopic (exact) mass is 367 g/mol. The highest BCUT2D eigenvalue weighted by atomic mass is 32.2. The van der Waals surface area contributed by atoms with Crippen LogP contribution in [0.5, 0.6) is 0 Å². The summed E-state index contributed by atoms with van der Waals surface area (Å²) in [5, 5.41) is 6.76. The molecule has 0 aliphatic carbocycles. The lowest BCUT2D eigenvalue weighted by molar-refractivity contribution is 0.116. The Morgan fingerprint density at radius 3 is 2.80 bits per heavy atom. The van der Waals surface area contributed by atoms with Gasteiger partial charge in [0.1, 0.15) is 5.82 Å². The second-order valence-electron chi connectivity index (χ2n) is 6.55. The fraction of sp³-hybridized carbons (Fsp3) is 0.611. The molecular formula is C18H30FN5S. The average molecular weight is 368 g/mol. The standard InChI is InChI=1S/C18H30FN5S/c1-20-18(22-11-17-12-23(2)7-8-24(17)3)21-10-14-5-6-16(19)9-15(14)13-25-4/h5-6,9,17H,7-8,10-13H2,1-4H3,(H2,20,21,22). The highest BCUT2D eigenvalue weighted by Gasteiger charge is 2.22. The number of hydrogen-bond donors (Lipinski definition) is 2. The second kappa shape index (κ2) is 9.99. The van der Waals surface area contributed by atoms with E-state index in [-0.39, 0.29) is 5.82 Å². The molecule has 2 rings (SSSR count). The van der Waals surface area contributed by atoms with E-state index in [0.717, 1.165) is 49.0 Å². The first-order valence-electron chi connectivity index (χ1n) is 8.63. The number of benzene rings is 1. The van der Waals surface area contributed by atoms with Crippen molar-refractivity contribution in [1.82, 2.24) is 20.4 Å². The molecule has 0 saturated carbocycles. The van der Waals surface area contributed by atoms with Crippen LogP contribution in [-0.4, -0.2) is 75.4 Å². The Bertz CT molecular complexity index is 581. The van der Waals surface area contributed by atoms with Gasteiger partial charge in [0, 0.05) is 51.6 Å². The predicted molar refractivity (Wildman–Crippen MR) is 106 cm³/mol. The van der Waals surface area contributed by atoms with Gasteiger partial charge in [0.25, 0.3) is 0 Å². The Morgan fingerprint density at radius 1 is 1.28 bits per heavy atom. The second-order valence-corrected chi connectivity index (χ2v) is 7.42. The Kier molecular flexibility index (Phi) is 7.99. The average Bonchev–Trinajstić information content (AvgIpc) is 2.59. The summed E-state index contributed by atoms with van der Waals surface area (Å²) in [5.74, 6) is 1.40. The van der Waals surface area contributed by atoms with Crippen molar-refractivity contribution in [1.29, 1.82) is 0 Å². The third-order valence-corrected chi connectivity index (χ3v) is 5.22. The van der Waals surface area contributed by atoms with Crippen LogP contribution in [0.15, 0.2) is 23.2 Å². The summed E-state index contributed by atoms with van der Waals surface area (Å²) < 4.78 is 13.5. The van der Waals surface area contributed by atoms with E-state index in [4.69, 9.17) is 0 Å². The minimum atomic E-state index is -0.181. The summed E-state index contributed by atoms with van der Waals surface area (Å²) in [7, 11) is 6.11. The van der Waals surface area contributed by atoms with Gasteiger partial charge >= 0.3 is 0 Å². The van der Waals surface area contributed by atoms with Crippen LogP contribution in [-0.2, 0) is 12.3 Å². The molecule has 1 fully saturated rings. The number of thioether (sulfide) groups is 1. The molecule has 7 heteroatoms. The molecule has 0 spiro atoms. The summed E-state index contributed by atoms with van der Waals surface area (Å²) in [6.45, 7) is 4.74. The van der Waals surface area contributed by atoms with Gasteiger partial charge in [-0.25, -0.2) is 4.39 Å². The van der Waals surface area contributed by atoms with Crippen molar-refractivity contribution in [2.45, 2.75) is 18.3 Å². The molecule has 25 heavy (non-hydrogen) atoms. The summed E-state index contributed by atoms with van der Waals surface area (Å²) in [4.78, 5) is 9.05. The van der Waals surface area contributed by atoms with E-state index in [1.54, 1.807) is 24.9 Å². The van der Waals surface area contributed by atoms with Gasteiger partial charge in [-0.15, -0.1) is 0 Å². The van der Waals surface area contributed by atoms with Crippen LogP contribution in [0.1, 0.15) is 11.1 Å². The fourth-order valence-corrected chi connectivity index (χ4v) is 3.57. The maximum absolute atomic E-state index is 13.5. The van der Waals surface area contributed by atoms with Gasteiger partial charge in [0.15, 0.2) is 5.96 Å². The van der Waals surface area contributed by atoms with Gasteiger partial charge in [0.2, 0.25) is 0 Å². The third kappa shape index (κ3) is 6.17. The van der Waals surface area contributed by atoms with Crippen LogP contribution in [0.25, 0.3) is 0 Å². The Labute approximate surface area is 155 Å². The minimum absolute atomic E-state index is 0.181. The van der Waals surface area contributed by atoms with Gasteiger partial charge in [0.05, 0.1) is 0 Å². The molecule has 1 aliphatic rings. The van der Waals surface area contributed by atoms with Gasteiger partial charge in [-0.3, -0.25) is 9.89 Å². The Hall–Kier alpha value is -1.31. The van der Waals surface area contributed by atoms with Gasteiger partial charge in [-0.1, -0.05) is 6.07 Å². The van der Waals surface area contributed by atoms with Gasteiger partial charge < -0.3 is 15.5 Å². The molecule has 1 aromatic rings. The van der Waals surface area contributed by atoms with Crippen LogP contribution in [0.3, 0.4) is 0 Å². The smallest absolute Gasteiger partial charge is 0.191 e. The quantitative estimate of drug-likeness (QED) is 0.591. The number of piperazine rings is 1. The van der Waals surface area contributed by atoms with Crippen molar-refractivity contribution in [3.63, 3.8) is 0 Å². The highest BCUT2D eigenvalue weighted by molar-refractivity contribution is 7.97. The van der Waals surface area contributed by atoms with E-state index in [0.29, 0.717) is 12.6 Å². The zero-order valence-corrected chi connectivity index (χ0v) is 16.5. The molecular weight excluding hydrogens is 337 g/mol. The summed E-state index contributed by atoms with van der Waals surface area (Å²) in [6, 6.07) is 5.46. The SMILES string of the molecule is CN=C(NCc1ccc(F)cc1CSC)NCC1CN(C)CCN1C. The first-order chi connectivity index (χ1) is 12.0.